The number of anilines is 2. The van der Waals surface area contributed by atoms with E-state index < -0.39 is 0 Å². The lowest BCUT2D eigenvalue weighted by Gasteiger charge is -2.17. The van der Waals surface area contributed by atoms with Crippen molar-refractivity contribution in [2.45, 2.75) is 50.2 Å². The molecule has 0 aromatic carbocycles. The topological polar surface area (TPSA) is 49.8 Å². The van der Waals surface area contributed by atoms with E-state index in [9.17, 15) is 0 Å². The van der Waals surface area contributed by atoms with E-state index in [1.807, 2.05) is 19.4 Å². The number of aromatic nitrogens is 2. The first-order chi connectivity index (χ1) is 9.21. The van der Waals surface area contributed by atoms with E-state index >= 15 is 0 Å². The SMILES string of the molecule is CNc1cc(NC2CCCC(C)CC2)nc(SC)n1. The van der Waals surface area contributed by atoms with Gasteiger partial charge in [0.05, 0.1) is 0 Å². The molecule has 2 atom stereocenters. The van der Waals surface area contributed by atoms with Gasteiger partial charge in [-0.1, -0.05) is 31.5 Å². The Morgan fingerprint density at radius 1 is 1.16 bits per heavy atom. The Hall–Kier alpha value is -0.970. The van der Waals surface area contributed by atoms with Gasteiger partial charge in [-0.2, -0.15) is 0 Å². The van der Waals surface area contributed by atoms with Crippen molar-refractivity contribution in [2.75, 3.05) is 23.9 Å². The first-order valence-corrected chi connectivity index (χ1v) is 8.31. The highest BCUT2D eigenvalue weighted by Gasteiger charge is 2.16. The van der Waals surface area contributed by atoms with E-state index in [0.717, 1.165) is 22.7 Å². The van der Waals surface area contributed by atoms with Gasteiger partial charge in [0.25, 0.3) is 0 Å². The molecule has 0 saturated heterocycles. The molecule has 0 radical (unpaired) electrons. The van der Waals surface area contributed by atoms with E-state index in [2.05, 4.69) is 27.5 Å². The highest BCUT2D eigenvalue weighted by Crippen LogP contribution is 2.25. The van der Waals surface area contributed by atoms with Gasteiger partial charge >= 0.3 is 0 Å². The number of thioether (sulfide) groups is 1. The second-order valence-corrected chi connectivity index (χ2v) is 6.10. The zero-order chi connectivity index (χ0) is 13.7. The summed E-state index contributed by atoms with van der Waals surface area (Å²) >= 11 is 1.58. The van der Waals surface area contributed by atoms with Crippen molar-refractivity contribution in [1.82, 2.24) is 9.97 Å². The van der Waals surface area contributed by atoms with Crippen LogP contribution in [0.15, 0.2) is 11.2 Å². The fourth-order valence-electron chi connectivity index (χ4n) is 2.56. The number of hydrogen-bond donors (Lipinski definition) is 2. The van der Waals surface area contributed by atoms with Crippen LogP contribution in [0.25, 0.3) is 0 Å². The maximum absolute atomic E-state index is 4.54. The predicted octanol–water partition coefficient (Wildman–Crippen LogP) is 3.62. The highest BCUT2D eigenvalue weighted by atomic mass is 32.2. The lowest BCUT2D eigenvalue weighted by Crippen LogP contribution is -2.19. The summed E-state index contributed by atoms with van der Waals surface area (Å²) in [5, 5.41) is 7.50. The summed E-state index contributed by atoms with van der Waals surface area (Å²) in [4.78, 5) is 8.94. The second-order valence-electron chi connectivity index (χ2n) is 5.33. The van der Waals surface area contributed by atoms with Crippen molar-refractivity contribution in [3.8, 4) is 0 Å². The van der Waals surface area contributed by atoms with Crippen molar-refractivity contribution in [1.29, 1.82) is 0 Å². The monoisotopic (exact) mass is 280 g/mol. The third kappa shape index (κ3) is 4.27. The highest BCUT2D eigenvalue weighted by molar-refractivity contribution is 7.98. The lowest BCUT2D eigenvalue weighted by molar-refractivity contribution is 0.501. The van der Waals surface area contributed by atoms with Crippen molar-refractivity contribution in [3.05, 3.63) is 6.07 Å². The molecule has 1 aliphatic carbocycles. The van der Waals surface area contributed by atoms with Crippen molar-refractivity contribution in [2.24, 2.45) is 5.92 Å². The van der Waals surface area contributed by atoms with Crippen LogP contribution in [0.5, 0.6) is 0 Å². The zero-order valence-electron chi connectivity index (χ0n) is 12.1. The Balaban J connectivity index is 2.05. The summed E-state index contributed by atoms with van der Waals surface area (Å²) in [6, 6.07) is 2.55. The van der Waals surface area contributed by atoms with E-state index in [1.54, 1.807) is 11.8 Å². The molecule has 1 heterocycles. The van der Waals surface area contributed by atoms with E-state index in [4.69, 9.17) is 0 Å². The van der Waals surface area contributed by atoms with E-state index in [-0.39, 0.29) is 0 Å². The van der Waals surface area contributed by atoms with Crippen LogP contribution in [-0.4, -0.2) is 29.3 Å². The van der Waals surface area contributed by atoms with Crippen molar-refractivity contribution in [3.63, 3.8) is 0 Å². The molecule has 2 unspecified atom stereocenters. The van der Waals surface area contributed by atoms with Gasteiger partial charge in [-0.3, -0.25) is 0 Å². The zero-order valence-corrected chi connectivity index (χ0v) is 12.9. The predicted molar refractivity (Wildman–Crippen MR) is 83.0 cm³/mol. The number of nitrogens with zero attached hydrogens (tertiary/aromatic N) is 2. The Kier molecular flexibility index (Phi) is 5.31. The summed E-state index contributed by atoms with van der Waals surface area (Å²) in [6.45, 7) is 2.36. The molecule has 1 aromatic rings. The maximum Gasteiger partial charge on any atom is 0.191 e. The van der Waals surface area contributed by atoms with Crippen LogP contribution in [0, 0.1) is 5.92 Å². The minimum Gasteiger partial charge on any atom is -0.373 e. The van der Waals surface area contributed by atoms with E-state index in [1.165, 1.54) is 32.1 Å². The largest absolute Gasteiger partial charge is 0.373 e. The van der Waals surface area contributed by atoms with Crippen LogP contribution in [0.4, 0.5) is 11.6 Å². The fourth-order valence-corrected chi connectivity index (χ4v) is 2.94. The summed E-state index contributed by atoms with van der Waals surface area (Å²) in [7, 11) is 1.89. The van der Waals surface area contributed by atoms with Crippen LogP contribution >= 0.6 is 11.8 Å². The molecule has 5 heteroatoms. The van der Waals surface area contributed by atoms with Gasteiger partial charge in [-0.05, 0) is 31.4 Å². The van der Waals surface area contributed by atoms with Gasteiger partial charge in [0, 0.05) is 19.2 Å². The van der Waals surface area contributed by atoms with Gasteiger partial charge in [-0.15, -0.1) is 0 Å². The molecule has 2 N–H and O–H groups in total. The average molecular weight is 280 g/mol. The average Bonchev–Trinajstić information content (AvgIpc) is 2.63. The molecule has 2 rings (SSSR count). The Morgan fingerprint density at radius 2 is 1.95 bits per heavy atom. The normalized spacial score (nSPS) is 23.7. The first-order valence-electron chi connectivity index (χ1n) is 7.08. The Morgan fingerprint density at radius 3 is 2.68 bits per heavy atom. The molecule has 0 bridgehead atoms. The molecule has 106 valence electrons. The second kappa shape index (κ2) is 6.98. The van der Waals surface area contributed by atoms with Gasteiger partial charge in [-0.25, -0.2) is 9.97 Å². The molecule has 4 nitrogen and oxygen atoms in total. The number of hydrogen-bond acceptors (Lipinski definition) is 5. The quantitative estimate of drug-likeness (QED) is 0.501. The number of rotatable bonds is 4. The molecule has 0 amide bonds. The van der Waals surface area contributed by atoms with Crippen molar-refractivity contribution < 1.29 is 0 Å². The van der Waals surface area contributed by atoms with Crippen molar-refractivity contribution >= 4 is 23.4 Å². The van der Waals surface area contributed by atoms with E-state index in [0.29, 0.717) is 6.04 Å². The van der Waals surface area contributed by atoms with Crippen LogP contribution in [0.1, 0.15) is 39.0 Å². The number of nitrogens with one attached hydrogen (secondary N) is 2. The molecular formula is C14H24N4S. The van der Waals surface area contributed by atoms with Gasteiger partial charge in [0.2, 0.25) is 0 Å². The van der Waals surface area contributed by atoms with Crippen LogP contribution in [0.2, 0.25) is 0 Å². The lowest BCUT2D eigenvalue weighted by atomic mass is 10.0. The molecule has 1 fully saturated rings. The molecule has 1 saturated carbocycles. The molecule has 1 aromatic heterocycles. The van der Waals surface area contributed by atoms with Crippen LogP contribution < -0.4 is 10.6 Å². The first kappa shape index (κ1) is 14.4. The van der Waals surface area contributed by atoms with Gasteiger partial charge in [0.15, 0.2) is 5.16 Å². The third-order valence-electron chi connectivity index (χ3n) is 3.75. The van der Waals surface area contributed by atoms with Crippen LogP contribution in [0.3, 0.4) is 0 Å². The van der Waals surface area contributed by atoms with Gasteiger partial charge < -0.3 is 10.6 Å². The fraction of sp³-hybridized carbons (Fsp3) is 0.714. The minimum atomic E-state index is 0.555. The third-order valence-corrected chi connectivity index (χ3v) is 4.30. The molecule has 1 aliphatic rings. The molecule has 19 heavy (non-hydrogen) atoms. The Labute approximate surface area is 120 Å². The standard InChI is InChI=1S/C14H24N4S/c1-10-5-4-6-11(8-7-10)16-13-9-12(15-2)17-14(18-13)19-3/h9-11H,4-8H2,1-3H3,(H2,15,16,17,18). The summed E-state index contributed by atoms with van der Waals surface area (Å²) in [6.07, 6.45) is 8.49. The smallest absolute Gasteiger partial charge is 0.191 e. The molecule has 0 aliphatic heterocycles. The summed E-state index contributed by atoms with van der Waals surface area (Å²) in [5.74, 6) is 2.69. The summed E-state index contributed by atoms with van der Waals surface area (Å²) in [5.41, 5.74) is 0. The molecular weight excluding hydrogens is 256 g/mol. The van der Waals surface area contributed by atoms with Gasteiger partial charge in [0.1, 0.15) is 11.6 Å². The minimum absolute atomic E-state index is 0.555. The maximum atomic E-state index is 4.54. The summed E-state index contributed by atoms with van der Waals surface area (Å²) < 4.78 is 0. The molecule has 0 spiro atoms. The van der Waals surface area contributed by atoms with Crippen LogP contribution in [-0.2, 0) is 0 Å². The Bertz CT molecular complexity index is 388.